The molecule has 1 saturated heterocycles. The third-order valence-corrected chi connectivity index (χ3v) is 5.77. The predicted molar refractivity (Wildman–Crippen MR) is 116 cm³/mol. The summed E-state index contributed by atoms with van der Waals surface area (Å²) in [6.45, 7) is -0.356. The maximum absolute atomic E-state index is 13.1. The molecule has 3 N–H and O–H groups in total. The van der Waals surface area contributed by atoms with Gasteiger partial charge in [-0.25, -0.2) is 4.79 Å². The summed E-state index contributed by atoms with van der Waals surface area (Å²) in [6, 6.07) is 12.0. The SMILES string of the molecule is O=c1ccn(C2OC(CCO)C(O)C2O)c(=O)n1Cc1cc(-c2ccccc2Cl)ccn1. The Hall–Kier alpha value is -2.82. The molecule has 168 valence electrons. The standard InChI is InChI=1S/C22H22ClN3O6/c23-16-4-2-1-3-15(16)13-5-8-24-14(11-13)12-26-18(28)6-9-25(22(26)31)21-20(30)19(29)17(32-21)7-10-27/h1-6,8-9,11,17,19-21,27,29-30H,7,10,12H2. The van der Waals surface area contributed by atoms with E-state index >= 15 is 0 Å². The summed E-state index contributed by atoms with van der Waals surface area (Å²) in [5.74, 6) is 0. The normalized spacial score (nSPS) is 22.9. The lowest BCUT2D eigenvalue weighted by Crippen LogP contribution is -2.43. The van der Waals surface area contributed by atoms with E-state index in [2.05, 4.69) is 4.98 Å². The molecular weight excluding hydrogens is 438 g/mol. The number of pyridine rings is 1. The summed E-state index contributed by atoms with van der Waals surface area (Å²) in [6.07, 6.45) is -1.80. The van der Waals surface area contributed by atoms with Crippen molar-refractivity contribution < 1.29 is 20.1 Å². The number of ether oxygens (including phenoxy) is 1. The first-order valence-electron chi connectivity index (χ1n) is 10.0. The van der Waals surface area contributed by atoms with Gasteiger partial charge in [-0.05, 0) is 30.2 Å². The molecule has 0 amide bonds. The van der Waals surface area contributed by atoms with Gasteiger partial charge in [-0.2, -0.15) is 0 Å². The molecule has 4 atom stereocenters. The van der Waals surface area contributed by atoms with Crippen LogP contribution in [0.2, 0.25) is 5.02 Å². The zero-order chi connectivity index (χ0) is 22.8. The van der Waals surface area contributed by atoms with Crippen LogP contribution in [0.3, 0.4) is 0 Å². The van der Waals surface area contributed by atoms with E-state index in [0.717, 1.165) is 20.3 Å². The lowest BCUT2D eigenvalue weighted by atomic mass is 10.1. The minimum Gasteiger partial charge on any atom is -0.396 e. The number of benzene rings is 1. The fourth-order valence-corrected chi connectivity index (χ4v) is 4.03. The fraction of sp³-hybridized carbons (Fsp3) is 0.318. The molecule has 0 spiro atoms. The van der Waals surface area contributed by atoms with Gasteiger partial charge < -0.3 is 20.1 Å². The van der Waals surface area contributed by atoms with Gasteiger partial charge in [-0.15, -0.1) is 0 Å². The van der Waals surface area contributed by atoms with Gasteiger partial charge in [0.15, 0.2) is 6.23 Å². The third kappa shape index (κ3) is 4.25. The topological polar surface area (TPSA) is 127 Å². The van der Waals surface area contributed by atoms with Crippen molar-refractivity contribution in [3.8, 4) is 11.1 Å². The molecule has 0 aliphatic carbocycles. The van der Waals surface area contributed by atoms with Gasteiger partial charge in [0.1, 0.15) is 12.2 Å². The van der Waals surface area contributed by atoms with E-state index in [1.54, 1.807) is 24.4 Å². The van der Waals surface area contributed by atoms with Crippen LogP contribution in [-0.2, 0) is 11.3 Å². The Morgan fingerprint density at radius 1 is 1.09 bits per heavy atom. The molecule has 9 nitrogen and oxygen atoms in total. The summed E-state index contributed by atoms with van der Waals surface area (Å²) in [5.41, 5.74) is 0.779. The lowest BCUT2D eigenvalue weighted by Gasteiger charge is -2.18. The second-order valence-corrected chi connectivity index (χ2v) is 7.91. The van der Waals surface area contributed by atoms with Gasteiger partial charge in [0.05, 0.1) is 18.3 Å². The Kier molecular flexibility index (Phi) is 6.54. The number of hydrogen-bond donors (Lipinski definition) is 3. The molecule has 10 heteroatoms. The van der Waals surface area contributed by atoms with Crippen LogP contribution in [0, 0.1) is 0 Å². The molecule has 2 aromatic heterocycles. The molecule has 1 aliphatic rings. The first kappa shape index (κ1) is 22.4. The van der Waals surface area contributed by atoms with E-state index in [1.165, 1.54) is 12.3 Å². The molecule has 4 rings (SSSR count). The molecule has 0 bridgehead atoms. The summed E-state index contributed by atoms with van der Waals surface area (Å²) in [4.78, 5) is 29.8. The van der Waals surface area contributed by atoms with Crippen molar-refractivity contribution in [3.05, 3.63) is 86.4 Å². The second-order valence-electron chi connectivity index (χ2n) is 7.50. The van der Waals surface area contributed by atoms with Crippen LogP contribution in [0.5, 0.6) is 0 Å². The number of halogens is 1. The zero-order valence-corrected chi connectivity index (χ0v) is 17.7. The van der Waals surface area contributed by atoms with Crippen molar-refractivity contribution in [3.63, 3.8) is 0 Å². The van der Waals surface area contributed by atoms with Crippen LogP contribution >= 0.6 is 11.6 Å². The summed E-state index contributed by atoms with van der Waals surface area (Å²) in [7, 11) is 0. The number of aliphatic hydroxyl groups is 3. The number of hydrogen-bond acceptors (Lipinski definition) is 7. The molecule has 4 unspecified atom stereocenters. The lowest BCUT2D eigenvalue weighted by molar-refractivity contribution is -0.0458. The number of aromatic nitrogens is 3. The van der Waals surface area contributed by atoms with Crippen molar-refractivity contribution >= 4 is 11.6 Å². The van der Waals surface area contributed by atoms with Gasteiger partial charge >= 0.3 is 5.69 Å². The van der Waals surface area contributed by atoms with E-state index in [-0.39, 0.29) is 19.6 Å². The Bertz CT molecular complexity index is 1230. The highest BCUT2D eigenvalue weighted by atomic mass is 35.5. The smallest absolute Gasteiger partial charge is 0.333 e. The molecule has 1 aromatic carbocycles. The minimum absolute atomic E-state index is 0.0991. The van der Waals surface area contributed by atoms with Crippen molar-refractivity contribution in [2.75, 3.05) is 6.61 Å². The van der Waals surface area contributed by atoms with Crippen molar-refractivity contribution in [2.24, 2.45) is 0 Å². The van der Waals surface area contributed by atoms with E-state index in [1.807, 2.05) is 18.2 Å². The first-order chi connectivity index (χ1) is 15.4. The fourth-order valence-electron chi connectivity index (χ4n) is 3.79. The average molecular weight is 460 g/mol. The van der Waals surface area contributed by atoms with E-state index in [9.17, 15) is 19.8 Å². The highest BCUT2D eigenvalue weighted by Gasteiger charge is 2.43. The molecule has 0 radical (unpaired) electrons. The molecule has 32 heavy (non-hydrogen) atoms. The highest BCUT2D eigenvalue weighted by Crippen LogP contribution is 2.30. The zero-order valence-electron chi connectivity index (χ0n) is 16.9. The van der Waals surface area contributed by atoms with E-state index < -0.39 is 35.8 Å². The predicted octanol–water partition coefficient (Wildman–Crippen LogP) is 0.775. The van der Waals surface area contributed by atoms with Crippen LogP contribution in [0.1, 0.15) is 18.3 Å². The van der Waals surface area contributed by atoms with Crippen LogP contribution in [0.25, 0.3) is 11.1 Å². The summed E-state index contributed by atoms with van der Waals surface area (Å²) >= 11 is 6.27. The van der Waals surface area contributed by atoms with Gasteiger partial charge in [0.25, 0.3) is 5.56 Å². The van der Waals surface area contributed by atoms with Crippen LogP contribution in [0.15, 0.2) is 64.4 Å². The quantitative estimate of drug-likeness (QED) is 0.497. The number of aliphatic hydroxyl groups excluding tert-OH is 3. The minimum atomic E-state index is -1.39. The van der Waals surface area contributed by atoms with Gasteiger partial charge in [0.2, 0.25) is 0 Å². The second kappa shape index (κ2) is 9.35. The monoisotopic (exact) mass is 459 g/mol. The van der Waals surface area contributed by atoms with Gasteiger partial charge in [-0.1, -0.05) is 29.8 Å². The third-order valence-electron chi connectivity index (χ3n) is 5.44. The Labute approximate surface area is 187 Å². The van der Waals surface area contributed by atoms with Crippen LogP contribution in [-0.4, -0.2) is 54.4 Å². The Morgan fingerprint density at radius 3 is 2.62 bits per heavy atom. The highest BCUT2D eigenvalue weighted by molar-refractivity contribution is 6.33. The first-order valence-corrected chi connectivity index (χ1v) is 10.4. The van der Waals surface area contributed by atoms with E-state index in [4.69, 9.17) is 21.4 Å². The Morgan fingerprint density at radius 2 is 1.88 bits per heavy atom. The largest absolute Gasteiger partial charge is 0.396 e. The number of rotatable bonds is 6. The molecule has 1 aliphatic heterocycles. The summed E-state index contributed by atoms with van der Waals surface area (Å²) < 4.78 is 7.62. The van der Waals surface area contributed by atoms with Crippen molar-refractivity contribution in [1.82, 2.24) is 14.1 Å². The van der Waals surface area contributed by atoms with Gasteiger partial charge in [0, 0.05) is 35.7 Å². The van der Waals surface area contributed by atoms with Crippen molar-refractivity contribution in [1.29, 1.82) is 0 Å². The maximum atomic E-state index is 13.1. The molecule has 3 aromatic rings. The summed E-state index contributed by atoms with van der Waals surface area (Å²) in [5, 5.41) is 30.2. The van der Waals surface area contributed by atoms with E-state index in [0.29, 0.717) is 10.7 Å². The molecule has 3 heterocycles. The van der Waals surface area contributed by atoms with Crippen molar-refractivity contribution in [2.45, 2.75) is 37.5 Å². The molecule has 0 saturated carbocycles. The van der Waals surface area contributed by atoms with Crippen LogP contribution in [0.4, 0.5) is 0 Å². The maximum Gasteiger partial charge on any atom is 0.333 e. The average Bonchev–Trinajstić information content (AvgIpc) is 3.06. The Balaban J connectivity index is 1.67. The van der Waals surface area contributed by atoms with Crippen LogP contribution < -0.4 is 11.2 Å². The molecular formula is C22H22ClN3O6. The van der Waals surface area contributed by atoms with Gasteiger partial charge in [-0.3, -0.25) is 18.9 Å². The number of nitrogens with zero attached hydrogens (tertiary/aromatic N) is 3. The molecule has 1 fully saturated rings.